The summed E-state index contributed by atoms with van der Waals surface area (Å²) < 4.78 is 0. The highest BCUT2D eigenvalue weighted by Crippen LogP contribution is 2.50. The standard InChI is InChI=1S/C17H25NO/c1-12(2)10-13(3)11-16(19)17(8-9-17)14-4-6-15(18)7-5-14/h4-7,12-13H,8-11,18H2,1-3H3. The molecule has 0 radical (unpaired) electrons. The van der Waals surface area contributed by atoms with Gasteiger partial charge >= 0.3 is 0 Å². The first-order valence-corrected chi connectivity index (χ1v) is 7.33. The molecule has 0 aromatic heterocycles. The van der Waals surface area contributed by atoms with Gasteiger partial charge in [-0.3, -0.25) is 4.79 Å². The maximum absolute atomic E-state index is 12.6. The van der Waals surface area contributed by atoms with Gasteiger partial charge in [0, 0.05) is 12.1 Å². The Morgan fingerprint density at radius 1 is 1.21 bits per heavy atom. The number of anilines is 1. The molecule has 2 heteroatoms. The second-order valence-corrected chi connectivity index (χ2v) is 6.57. The van der Waals surface area contributed by atoms with Gasteiger partial charge in [0.2, 0.25) is 0 Å². The monoisotopic (exact) mass is 259 g/mol. The first-order valence-electron chi connectivity index (χ1n) is 7.33. The molecule has 1 unspecified atom stereocenters. The van der Waals surface area contributed by atoms with E-state index in [2.05, 4.69) is 20.8 Å². The Labute approximate surface area is 116 Å². The zero-order valence-corrected chi connectivity index (χ0v) is 12.3. The van der Waals surface area contributed by atoms with Crippen molar-refractivity contribution in [1.82, 2.24) is 0 Å². The molecular formula is C17H25NO. The Balaban J connectivity index is 2.04. The highest BCUT2D eigenvalue weighted by Gasteiger charge is 2.50. The minimum absolute atomic E-state index is 0.182. The lowest BCUT2D eigenvalue weighted by molar-refractivity contribution is -0.122. The number of carbonyl (C=O) groups excluding carboxylic acids is 1. The number of benzene rings is 1. The molecule has 2 nitrogen and oxygen atoms in total. The molecule has 1 fully saturated rings. The highest BCUT2D eigenvalue weighted by atomic mass is 16.1. The van der Waals surface area contributed by atoms with Crippen molar-refractivity contribution in [1.29, 1.82) is 0 Å². The van der Waals surface area contributed by atoms with Crippen LogP contribution in [0.4, 0.5) is 5.69 Å². The molecule has 104 valence electrons. The molecule has 0 amide bonds. The third kappa shape index (κ3) is 3.17. The van der Waals surface area contributed by atoms with Gasteiger partial charge in [0.25, 0.3) is 0 Å². The van der Waals surface area contributed by atoms with Crippen molar-refractivity contribution in [3.8, 4) is 0 Å². The number of hydrogen-bond donors (Lipinski definition) is 1. The van der Waals surface area contributed by atoms with E-state index < -0.39 is 0 Å². The normalized spacial score (nSPS) is 18.3. The molecule has 0 saturated heterocycles. The lowest BCUT2D eigenvalue weighted by Crippen LogP contribution is -2.23. The van der Waals surface area contributed by atoms with Gasteiger partial charge in [0.15, 0.2) is 0 Å². The van der Waals surface area contributed by atoms with Gasteiger partial charge in [-0.25, -0.2) is 0 Å². The molecule has 0 bridgehead atoms. The fourth-order valence-corrected chi connectivity index (χ4v) is 3.06. The summed E-state index contributed by atoms with van der Waals surface area (Å²) in [6, 6.07) is 7.85. The van der Waals surface area contributed by atoms with Crippen LogP contribution in [0.1, 0.15) is 52.0 Å². The van der Waals surface area contributed by atoms with Gasteiger partial charge < -0.3 is 5.73 Å². The van der Waals surface area contributed by atoms with E-state index in [9.17, 15) is 4.79 Å². The predicted octanol–water partition coefficient (Wildman–Crippen LogP) is 3.94. The lowest BCUT2D eigenvalue weighted by Gasteiger charge is -2.19. The Morgan fingerprint density at radius 3 is 2.26 bits per heavy atom. The Kier molecular flexibility index (Phi) is 3.98. The molecule has 0 spiro atoms. The molecule has 1 aromatic carbocycles. The first-order chi connectivity index (χ1) is 8.94. The zero-order chi connectivity index (χ0) is 14.0. The third-order valence-corrected chi connectivity index (χ3v) is 4.15. The summed E-state index contributed by atoms with van der Waals surface area (Å²) in [7, 11) is 0. The van der Waals surface area contributed by atoms with Crippen molar-refractivity contribution >= 4 is 11.5 Å². The van der Waals surface area contributed by atoms with Crippen LogP contribution in [0.15, 0.2) is 24.3 Å². The molecular weight excluding hydrogens is 234 g/mol. The van der Waals surface area contributed by atoms with E-state index in [0.717, 1.165) is 30.5 Å². The van der Waals surface area contributed by atoms with Crippen LogP contribution in [0.25, 0.3) is 0 Å². The average Bonchev–Trinajstić information content (AvgIpc) is 3.09. The molecule has 1 saturated carbocycles. The minimum Gasteiger partial charge on any atom is -0.399 e. The van der Waals surface area contributed by atoms with Crippen LogP contribution >= 0.6 is 0 Å². The van der Waals surface area contributed by atoms with Gasteiger partial charge in [0.05, 0.1) is 5.41 Å². The van der Waals surface area contributed by atoms with E-state index in [1.165, 1.54) is 0 Å². The van der Waals surface area contributed by atoms with E-state index in [1.807, 2.05) is 24.3 Å². The van der Waals surface area contributed by atoms with E-state index in [0.29, 0.717) is 24.0 Å². The van der Waals surface area contributed by atoms with Crippen molar-refractivity contribution in [3.05, 3.63) is 29.8 Å². The number of Topliss-reactive ketones (excluding diaryl/α,β-unsaturated/α-hetero) is 1. The van der Waals surface area contributed by atoms with Gasteiger partial charge in [-0.05, 0) is 48.8 Å². The summed E-state index contributed by atoms with van der Waals surface area (Å²) >= 11 is 0. The first kappa shape index (κ1) is 14.1. The largest absolute Gasteiger partial charge is 0.399 e. The summed E-state index contributed by atoms with van der Waals surface area (Å²) in [5.41, 5.74) is 7.46. The number of nitrogens with two attached hydrogens (primary N) is 1. The Morgan fingerprint density at radius 2 is 1.79 bits per heavy atom. The van der Waals surface area contributed by atoms with Crippen LogP contribution < -0.4 is 5.73 Å². The maximum Gasteiger partial charge on any atom is 0.143 e. The fourth-order valence-electron chi connectivity index (χ4n) is 3.06. The summed E-state index contributed by atoms with van der Waals surface area (Å²) in [5.74, 6) is 1.57. The third-order valence-electron chi connectivity index (χ3n) is 4.15. The van der Waals surface area contributed by atoms with Crippen LogP contribution in [-0.2, 0) is 10.2 Å². The summed E-state index contributed by atoms with van der Waals surface area (Å²) in [4.78, 5) is 12.6. The lowest BCUT2D eigenvalue weighted by atomic mass is 9.84. The smallest absolute Gasteiger partial charge is 0.143 e. The van der Waals surface area contributed by atoms with Crippen molar-refractivity contribution in [3.63, 3.8) is 0 Å². The van der Waals surface area contributed by atoms with E-state index in [4.69, 9.17) is 5.73 Å². The SMILES string of the molecule is CC(C)CC(C)CC(=O)C1(c2ccc(N)cc2)CC1. The highest BCUT2D eigenvalue weighted by molar-refractivity contribution is 5.93. The summed E-state index contributed by atoms with van der Waals surface area (Å²) in [5, 5.41) is 0. The van der Waals surface area contributed by atoms with Gasteiger partial charge in [-0.2, -0.15) is 0 Å². The van der Waals surface area contributed by atoms with Crippen LogP contribution in [0.5, 0.6) is 0 Å². The number of ketones is 1. The molecule has 1 atom stereocenters. The van der Waals surface area contributed by atoms with Crippen molar-refractivity contribution < 1.29 is 4.79 Å². The quantitative estimate of drug-likeness (QED) is 0.786. The molecule has 1 aliphatic carbocycles. The van der Waals surface area contributed by atoms with Crippen molar-refractivity contribution in [2.75, 3.05) is 5.73 Å². The summed E-state index contributed by atoms with van der Waals surface area (Å²) in [6.07, 6.45) is 3.85. The van der Waals surface area contributed by atoms with Crippen molar-refractivity contribution in [2.45, 2.75) is 51.9 Å². The number of rotatable bonds is 6. The minimum atomic E-state index is -0.182. The van der Waals surface area contributed by atoms with E-state index in [1.54, 1.807) is 0 Å². The van der Waals surface area contributed by atoms with Crippen LogP contribution in [-0.4, -0.2) is 5.78 Å². The average molecular weight is 259 g/mol. The second kappa shape index (κ2) is 5.36. The van der Waals surface area contributed by atoms with E-state index in [-0.39, 0.29) is 5.41 Å². The molecule has 0 aliphatic heterocycles. The molecule has 2 N–H and O–H groups in total. The number of hydrogen-bond acceptors (Lipinski definition) is 2. The molecule has 1 aromatic rings. The molecule has 0 heterocycles. The van der Waals surface area contributed by atoms with Crippen molar-refractivity contribution in [2.24, 2.45) is 11.8 Å². The van der Waals surface area contributed by atoms with Gasteiger partial charge in [0.1, 0.15) is 5.78 Å². The maximum atomic E-state index is 12.6. The predicted molar refractivity (Wildman–Crippen MR) is 80.0 cm³/mol. The van der Waals surface area contributed by atoms with Crippen LogP contribution in [0, 0.1) is 11.8 Å². The van der Waals surface area contributed by atoms with Crippen LogP contribution in [0.3, 0.4) is 0 Å². The molecule has 19 heavy (non-hydrogen) atoms. The number of nitrogen functional groups attached to an aromatic ring is 1. The second-order valence-electron chi connectivity index (χ2n) is 6.57. The topological polar surface area (TPSA) is 43.1 Å². The van der Waals surface area contributed by atoms with Crippen LogP contribution in [0.2, 0.25) is 0 Å². The summed E-state index contributed by atoms with van der Waals surface area (Å²) in [6.45, 7) is 6.62. The number of carbonyl (C=O) groups is 1. The Bertz CT molecular complexity index is 443. The van der Waals surface area contributed by atoms with Gasteiger partial charge in [-0.15, -0.1) is 0 Å². The Hall–Kier alpha value is -1.31. The zero-order valence-electron chi connectivity index (χ0n) is 12.3. The molecule has 2 rings (SSSR count). The fraction of sp³-hybridized carbons (Fsp3) is 0.588. The molecule has 1 aliphatic rings. The van der Waals surface area contributed by atoms with Gasteiger partial charge in [-0.1, -0.05) is 32.9 Å². The van der Waals surface area contributed by atoms with E-state index >= 15 is 0 Å².